The second-order valence-corrected chi connectivity index (χ2v) is 5.87. The fraction of sp³-hybridized carbons (Fsp3) is 0.222. The lowest BCUT2D eigenvalue weighted by Gasteiger charge is -2.33. The molecule has 2 unspecified atom stereocenters. The molecule has 3 heterocycles. The van der Waals surface area contributed by atoms with Crippen LogP contribution in [0.15, 0.2) is 55.1 Å². The number of hydrogen-bond donors (Lipinski definition) is 1. The van der Waals surface area contributed by atoms with E-state index >= 15 is 0 Å². The summed E-state index contributed by atoms with van der Waals surface area (Å²) < 4.78 is 6.99. The predicted octanol–water partition coefficient (Wildman–Crippen LogP) is 1.95. The molecule has 0 saturated heterocycles. The number of ether oxygens (including phenoxy) is 1. The molecular weight excluding hydrogens is 318 g/mol. The molecule has 0 fully saturated rings. The van der Waals surface area contributed by atoms with Gasteiger partial charge in [0, 0.05) is 23.2 Å². The van der Waals surface area contributed by atoms with Crippen molar-refractivity contribution in [2.75, 3.05) is 11.9 Å². The van der Waals surface area contributed by atoms with Crippen LogP contribution in [0.4, 0.5) is 5.95 Å². The van der Waals surface area contributed by atoms with E-state index in [1.54, 1.807) is 11.6 Å². The van der Waals surface area contributed by atoms with Gasteiger partial charge in [-0.1, -0.05) is 12.6 Å². The lowest BCUT2D eigenvalue weighted by Crippen LogP contribution is -2.37. The lowest BCUT2D eigenvalue weighted by molar-refractivity contribution is -0.344. The summed E-state index contributed by atoms with van der Waals surface area (Å²) in [6, 6.07) is 9.63. The van der Waals surface area contributed by atoms with Gasteiger partial charge in [0.2, 0.25) is 11.5 Å². The molecule has 1 aromatic carbocycles. The highest BCUT2D eigenvalue weighted by atomic mass is 16.5. The molecule has 2 atom stereocenters. The Labute approximate surface area is 144 Å². The van der Waals surface area contributed by atoms with E-state index in [9.17, 15) is 4.79 Å². The Morgan fingerprint density at radius 2 is 2.32 bits per heavy atom. The van der Waals surface area contributed by atoms with Crippen molar-refractivity contribution >= 4 is 22.8 Å². The zero-order valence-corrected chi connectivity index (χ0v) is 13.8. The predicted molar refractivity (Wildman–Crippen MR) is 91.6 cm³/mol. The van der Waals surface area contributed by atoms with Gasteiger partial charge in [-0.2, -0.15) is 10.1 Å². The largest absolute Gasteiger partial charge is 0.465 e. The number of esters is 1. The van der Waals surface area contributed by atoms with Gasteiger partial charge in [0.15, 0.2) is 6.20 Å². The first-order valence-corrected chi connectivity index (χ1v) is 8.11. The minimum atomic E-state index is -0.584. The van der Waals surface area contributed by atoms with Gasteiger partial charge in [0.1, 0.15) is 12.2 Å². The van der Waals surface area contributed by atoms with Crippen LogP contribution in [-0.4, -0.2) is 27.3 Å². The third-order valence-corrected chi connectivity index (χ3v) is 4.37. The highest BCUT2D eigenvalue weighted by Gasteiger charge is 2.40. The zero-order valence-electron chi connectivity index (χ0n) is 13.8. The van der Waals surface area contributed by atoms with Gasteiger partial charge in [0.05, 0.1) is 12.6 Å². The molecule has 25 heavy (non-hydrogen) atoms. The summed E-state index contributed by atoms with van der Waals surface area (Å²) in [6.45, 7) is 6.12. The van der Waals surface area contributed by atoms with Crippen LogP contribution in [0, 0.1) is 5.92 Å². The highest BCUT2D eigenvalue weighted by molar-refractivity contribution is 5.80. The van der Waals surface area contributed by atoms with E-state index in [1.807, 2.05) is 36.5 Å². The second-order valence-electron chi connectivity index (χ2n) is 5.87. The van der Waals surface area contributed by atoms with Crippen molar-refractivity contribution in [1.82, 2.24) is 14.8 Å². The van der Waals surface area contributed by atoms with Gasteiger partial charge in [-0.25, -0.2) is 9.67 Å². The Morgan fingerprint density at radius 1 is 1.44 bits per heavy atom. The smallest absolute Gasteiger partial charge is 0.317 e. The SMILES string of the molecule is C=C1Nc2ncnn2C(c2ccc3[nH+]cccc3c2)C1C(=O)OCC. The zero-order chi connectivity index (χ0) is 17.4. The van der Waals surface area contributed by atoms with Crippen LogP contribution in [0.1, 0.15) is 18.5 Å². The molecule has 0 radical (unpaired) electrons. The summed E-state index contributed by atoms with van der Waals surface area (Å²) in [5, 5.41) is 8.41. The molecule has 0 spiro atoms. The van der Waals surface area contributed by atoms with Crippen LogP contribution in [0.5, 0.6) is 0 Å². The van der Waals surface area contributed by atoms with E-state index in [0.29, 0.717) is 18.3 Å². The number of aromatic nitrogens is 4. The summed E-state index contributed by atoms with van der Waals surface area (Å²) in [5.74, 6) is -0.347. The topological polar surface area (TPSA) is 83.2 Å². The fourth-order valence-electron chi connectivity index (χ4n) is 3.26. The van der Waals surface area contributed by atoms with Gasteiger partial charge >= 0.3 is 5.97 Å². The lowest BCUT2D eigenvalue weighted by atomic mass is 9.88. The highest BCUT2D eigenvalue weighted by Crippen LogP contribution is 2.38. The number of carbonyl (C=O) groups is 1. The molecule has 1 aliphatic heterocycles. The van der Waals surface area contributed by atoms with E-state index in [4.69, 9.17) is 4.74 Å². The van der Waals surface area contributed by atoms with Crippen LogP contribution in [-0.2, 0) is 9.53 Å². The summed E-state index contributed by atoms with van der Waals surface area (Å²) in [4.78, 5) is 20.0. The molecule has 0 saturated carbocycles. The summed E-state index contributed by atoms with van der Waals surface area (Å²) in [5.41, 5.74) is 2.52. The van der Waals surface area contributed by atoms with Crippen molar-refractivity contribution in [2.24, 2.45) is 5.92 Å². The van der Waals surface area contributed by atoms with Crippen molar-refractivity contribution in [3.63, 3.8) is 0 Å². The number of H-pyrrole nitrogens is 1. The molecule has 7 heteroatoms. The number of nitrogens with one attached hydrogen (secondary N) is 2. The van der Waals surface area contributed by atoms with E-state index in [-0.39, 0.29) is 12.0 Å². The summed E-state index contributed by atoms with van der Waals surface area (Å²) in [7, 11) is 0. The Balaban J connectivity index is 1.87. The molecule has 1 aliphatic rings. The number of pyridine rings is 1. The number of hydrogen-bond acceptors (Lipinski definition) is 5. The minimum Gasteiger partial charge on any atom is -0.465 e. The standard InChI is InChI=1S/C18H17N5O2/c1-3-25-17(24)15-11(2)22-18-20-10-21-23(18)16(15)13-6-7-14-12(9-13)5-4-8-19-14/h4-10,15-16H,2-3H2,1H3,(H,20,21,22)/p+1. The van der Waals surface area contributed by atoms with Crippen molar-refractivity contribution in [3.05, 3.63) is 60.7 Å². The van der Waals surface area contributed by atoms with Gasteiger partial charge < -0.3 is 10.1 Å². The minimum absolute atomic E-state index is 0.312. The summed E-state index contributed by atoms with van der Waals surface area (Å²) >= 11 is 0. The molecule has 0 bridgehead atoms. The number of aromatic amines is 1. The molecule has 7 nitrogen and oxygen atoms in total. The van der Waals surface area contributed by atoms with Gasteiger partial charge in [0.25, 0.3) is 0 Å². The van der Waals surface area contributed by atoms with Crippen molar-refractivity contribution in [2.45, 2.75) is 13.0 Å². The number of nitrogens with zero attached hydrogens (tertiary/aromatic N) is 3. The van der Waals surface area contributed by atoms with E-state index in [2.05, 4.69) is 27.0 Å². The number of benzene rings is 1. The fourth-order valence-corrected chi connectivity index (χ4v) is 3.26. The van der Waals surface area contributed by atoms with Crippen LogP contribution in [0.2, 0.25) is 0 Å². The summed E-state index contributed by atoms with van der Waals surface area (Å²) in [6.07, 6.45) is 3.34. The van der Waals surface area contributed by atoms with Crippen molar-refractivity contribution < 1.29 is 14.5 Å². The third-order valence-electron chi connectivity index (χ3n) is 4.37. The first-order valence-electron chi connectivity index (χ1n) is 8.11. The Kier molecular flexibility index (Phi) is 3.68. The maximum atomic E-state index is 12.6. The molecular formula is C18H18N5O2+. The molecule has 4 rings (SSSR count). The van der Waals surface area contributed by atoms with Gasteiger partial charge in [-0.15, -0.1) is 0 Å². The number of fused-ring (bicyclic) bond motifs is 2. The maximum Gasteiger partial charge on any atom is 0.317 e. The van der Waals surface area contributed by atoms with Gasteiger partial charge in [-0.3, -0.25) is 4.79 Å². The van der Waals surface area contributed by atoms with Gasteiger partial charge in [-0.05, 0) is 24.6 Å². The monoisotopic (exact) mass is 336 g/mol. The van der Waals surface area contributed by atoms with E-state index < -0.39 is 5.92 Å². The molecule has 126 valence electrons. The Hall–Kier alpha value is -3.22. The number of rotatable bonds is 3. The maximum absolute atomic E-state index is 12.6. The quantitative estimate of drug-likeness (QED) is 0.739. The number of anilines is 1. The van der Waals surface area contributed by atoms with E-state index in [1.165, 1.54) is 6.33 Å². The van der Waals surface area contributed by atoms with E-state index in [0.717, 1.165) is 16.5 Å². The Morgan fingerprint density at radius 3 is 3.16 bits per heavy atom. The molecule has 0 amide bonds. The Bertz CT molecular complexity index is 965. The molecule has 2 aromatic heterocycles. The molecule has 2 N–H and O–H groups in total. The normalized spacial score (nSPS) is 19.3. The first kappa shape index (κ1) is 15.3. The van der Waals surface area contributed by atoms with Crippen LogP contribution in [0.25, 0.3) is 10.9 Å². The first-order chi connectivity index (χ1) is 12.2. The van der Waals surface area contributed by atoms with Crippen LogP contribution < -0.4 is 10.3 Å². The average molecular weight is 336 g/mol. The second kappa shape index (κ2) is 6.01. The molecule has 0 aliphatic carbocycles. The van der Waals surface area contributed by atoms with Crippen LogP contribution in [0.3, 0.4) is 0 Å². The van der Waals surface area contributed by atoms with Crippen molar-refractivity contribution in [3.8, 4) is 0 Å². The van der Waals surface area contributed by atoms with Crippen molar-refractivity contribution in [1.29, 1.82) is 0 Å². The molecule has 3 aromatic rings. The third kappa shape index (κ3) is 2.53. The number of carbonyl (C=O) groups excluding carboxylic acids is 1. The average Bonchev–Trinajstić information content (AvgIpc) is 3.08. The van der Waals surface area contributed by atoms with Crippen LogP contribution >= 0.6 is 0 Å².